The molecule has 1 aromatic rings. The molecule has 1 aliphatic rings. The summed E-state index contributed by atoms with van der Waals surface area (Å²) in [6.45, 7) is 4.56. The zero-order valence-electron chi connectivity index (χ0n) is 10.7. The van der Waals surface area contributed by atoms with E-state index in [-0.39, 0.29) is 11.8 Å². The van der Waals surface area contributed by atoms with Crippen LogP contribution in [-0.2, 0) is 9.47 Å². The van der Waals surface area contributed by atoms with E-state index < -0.39 is 10.7 Å². The smallest absolute Gasteiger partial charge is 0.293 e. The van der Waals surface area contributed by atoms with Crippen LogP contribution in [0.5, 0.6) is 0 Å². The third-order valence-corrected chi connectivity index (χ3v) is 2.98. The van der Waals surface area contributed by atoms with Crippen LogP contribution in [0.4, 0.5) is 11.4 Å². The summed E-state index contributed by atoms with van der Waals surface area (Å²) in [5, 5.41) is 14.3. The molecule has 0 saturated carbocycles. The van der Waals surface area contributed by atoms with Crippen LogP contribution in [0.3, 0.4) is 0 Å². The highest BCUT2D eigenvalue weighted by atomic mass is 35.5. The van der Waals surface area contributed by atoms with Crippen LogP contribution < -0.4 is 5.32 Å². The Hall–Kier alpha value is -1.37. The highest BCUT2D eigenvalue weighted by molar-refractivity contribution is 6.30. The number of hydrogen-bond acceptors (Lipinski definition) is 5. The Morgan fingerprint density at radius 2 is 2.32 bits per heavy atom. The highest BCUT2D eigenvalue weighted by Crippen LogP contribution is 2.28. The molecule has 1 fully saturated rings. The van der Waals surface area contributed by atoms with Gasteiger partial charge in [0.25, 0.3) is 5.69 Å². The second kappa shape index (κ2) is 5.32. The minimum Gasteiger partial charge on any atom is -0.377 e. The fourth-order valence-corrected chi connectivity index (χ4v) is 2.06. The maximum Gasteiger partial charge on any atom is 0.293 e. The van der Waals surface area contributed by atoms with Crippen molar-refractivity contribution in [3.63, 3.8) is 0 Å². The molecule has 1 aromatic carbocycles. The molecule has 0 spiro atoms. The lowest BCUT2D eigenvalue weighted by atomic mass is 10.2. The van der Waals surface area contributed by atoms with Gasteiger partial charge in [0.05, 0.1) is 11.5 Å². The van der Waals surface area contributed by atoms with Gasteiger partial charge in [-0.05, 0) is 26.0 Å². The zero-order chi connectivity index (χ0) is 14.0. The summed E-state index contributed by atoms with van der Waals surface area (Å²) in [7, 11) is 0. The fourth-order valence-electron chi connectivity index (χ4n) is 1.89. The topological polar surface area (TPSA) is 73.6 Å². The molecular weight excluding hydrogens is 272 g/mol. The van der Waals surface area contributed by atoms with Gasteiger partial charge in [-0.3, -0.25) is 10.1 Å². The van der Waals surface area contributed by atoms with Gasteiger partial charge >= 0.3 is 0 Å². The Balaban J connectivity index is 2.02. The van der Waals surface area contributed by atoms with Gasteiger partial charge in [-0.1, -0.05) is 11.6 Å². The average Bonchev–Trinajstić information content (AvgIpc) is 2.67. The molecule has 19 heavy (non-hydrogen) atoms. The molecule has 0 aromatic heterocycles. The molecule has 7 heteroatoms. The Morgan fingerprint density at radius 1 is 1.58 bits per heavy atom. The summed E-state index contributed by atoms with van der Waals surface area (Å²) in [4.78, 5) is 10.5. The summed E-state index contributed by atoms with van der Waals surface area (Å²) in [6.07, 6.45) is -0.134. The standard InChI is InChI=1S/C12H15ClN2O4/c1-12(2)18-7-9(19-12)6-14-10-4-3-8(13)5-11(10)15(16)17/h3-5,9,14H,6-7H2,1-2H3. The molecule has 1 aliphatic heterocycles. The third-order valence-electron chi connectivity index (χ3n) is 2.74. The van der Waals surface area contributed by atoms with Gasteiger partial charge in [0, 0.05) is 17.6 Å². The van der Waals surface area contributed by atoms with E-state index in [1.165, 1.54) is 6.07 Å². The van der Waals surface area contributed by atoms with Gasteiger partial charge in [0.2, 0.25) is 0 Å². The molecule has 0 aliphatic carbocycles. The molecule has 104 valence electrons. The second-order valence-corrected chi connectivity index (χ2v) is 5.19. The highest BCUT2D eigenvalue weighted by Gasteiger charge is 2.32. The van der Waals surface area contributed by atoms with Crippen molar-refractivity contribution in [2.75, 3.05) is 18.5 Å². The fraction of sp³-hybridized carbons (Fsp3) is 0.500. The van der Waals surface area contributed by atoms with Gasteiger partial charge in [-0.25, -0.2) is 0 Å². The minimum absolute atomic E-state index is 0.0503. The van der Waals surface area contributed by atoms with Gasteiger partial charge in [0.15, 0.2) is 5.79 Å². The van der Waals surface area contributed by atoms with Crippen molar-refractivity contribution in [3.8, 4) is 0 Å². The number of halogens is 1. The van der Waals surface area contributed by atoms with Crippen molar-refractivity contribution in [2.45, 2.75) is 25.7 Å². The van der Waals surface area contributed by atoms with Crippen molar-refractivity contribution in [1.82, 2.24) is 0 Å². The normalized spacial score (nSPS) is 21.3. The number of hydrogen-bond donors (Lipinski definition) is 1. The van der Waals surface area contributed by atoms with Gasteiger partial charge in [0.1, 0.15) is 11.8 Å². The molecule has 1 atom stereocenters. The first-order valence-electron chi connectivity index (χ1n) is 5.87. The van der Waals surface area contributed by atoms with E-state index in [4.69, 9.17) is 21.1 Å². The first kappa shape index (κ1) is 14.0. The van der Waals surface area contributed by atoms with E-state index in [2.05, 4.69) is 5.32 Å². The largest absolute Gasteiger partial charge is 0.377 e. The lowest BCUT2D eigenvalue weighted by molar-refractivity contribution is -0.383. The molecule has 0 amide bonds. The number of nitrogens with zero attached hydrogens (tertiary/aromatic N) is 1. The number of benzene rings is 1. The Morgan fingerprint density at radius 3 is 2.89 bits per heavy atom. The van der Waals surface area contributed by atoms with Crippen LogP contribution in [0.25, 0.3) is 0 Å². The predicted octanol–water partition coefficient (Wildman–Crippen LogP) is 2.81. The summed E-state index contributed by atoms with van der Waals surface area (Å²) < 4.78 is 11.0. The Kier molecular flexibility index (Phi) is 3.93. The van der Waals surface area contributed by atoms with Gasteiger partial charge in [-0.15, -0.1) is 0 Å². The molecule has 1 heterocycles. The van der Waals surface area contributed by atoms with Crippen LogP contribution in [-0.4, -0.2) is 30.0 Å². The minimum atomic E-state index is -0.599. The Bertz CT molecular complexity index is 493. The average molecular weight is 287 g/mol. The van der Waals surface area contributed by atoms with Crippen molar-refractivity contribution in [1.29, 1.82) is 0 Å². The second-order valence-electron chi connectivity index (χ2n) is 4.75. The first-order chi connectivity index (χ1) is 8.87. The van der Waals surface area contributed by atoms with E-state index in [0.717, 1.165) is 0 Å². The molecule has 0 bridgehead atoms. The zero-order valence-corrected chi connectivity index (χ0v) is 11.4. The lowest BCUT2D eigenvalue weighted by Gasteiger charge is -2.17. The lowest BCUT2D eigenvalue weighted by Crippen LogP contribution is -2.26. The van der Waals surface area contributed by atoms with Crippen molar-refractivity contribution < 1.29 is 14.4 Å². The quantitative estimate of drug-likeness (QED) is 0.680. The van der Waals surface area contributed by atoms with Crippen molar-refractivity contribution in [3.05, 3.63) is 33.3 Å². The first-order valence-corrected chi connectivity index (χ1v) is 6.25. The number of nitrogens with one attached hydrogen (secondary N) is 1. The van der Waals surface area contributed by atoms with E-state index in [9.17, 15) is 10.1 Å². The molecular formula is C12H15ClN2O4. The molecule has 1 unspecified atom stereocenters. The van der Waals surface area contributed by atoms with E-state index in [0.29, 0.717) is 23.9 Å². The number of anilines is 1. The number of nitro groups is 1. The van der Waals surface area contributed by atoms with Crippen LogP contribution in [0.15, 0.2) is 18.2 Å². The Labute approximate surface area is 115 Å². The predicted molar refractivity (Wildman–Crippen MR) is 71.5 cm³/mol. The van der Waals surface area contributed by atoms with Gasteiger partial charge < -0.3 is 14.8 Å². The monoisotopic (exact) mass is 286 g/mol. The summed E-state index contributed by atoms with van der Waals surface area (Å²) in [5.74, 6) is -0.599. The van der Waals surface area contributed by atoms with Crippen LogP contribution in [0.2, 0.25) is 5.02 Å². The van der Waals surface area contributed by atoms with Crippen LogP contribution >= 0.6 is 11.6 Å². The molecule has 6 nitrogen and oxygen atoms in total. The maximum absolute atomic E-state index is 10.9. The van der Waals surface area contributed by atoms with Crippen molar-refractivity contribution in [2.24, 2.45) is 0 Å². The SMILES string of the molecule is CC1(C)OCC(CNc2ccc(Cl)cc2[N+](=O)[O-])O1. The number of rotatable bonds is 4. The summed E-state index contributed by atoms with van der Waals surface area (Å²) >= 11 is 5.75. The van der Waals surface area contributed by atoms with Crippen LogP contribution in [0.1, 0.15) is 13.8 Å². The summed E-state index contributed by atoms with van der Waals surface area (Å²) in [5.41, 5.74) is 0.369. The van der Waals surface area contributed by atoms with Crippen molar-refractivity contribution >= 4 is 23.0 Å². The number of nitro benzene ring substituents is 1. The molecule has 2 rings (SSSR count). The van der Waals surface area contributed by atoms with Crippen LogP contribution in [0, 0.1) is 10.1 Å². The van der Waals surface area contributed by atoms with Gasteiger partial charge in [-0.2, -0.15) is 0 Å². The third kappa shape index (κ3) is 3.56. The number of ether oxygens (including phenoxy) is 2. The summed E-state index contributed by atoms with van der Waals surface area (Å²) in [6, 6.07) is 4.51. The maximum atomic E-state index is 10.9. The molecule has 0 radical (unpaired) electrons. The van der Waals surface area contributed by atoms with E-state index in [1.807, 2.05) is 13.8 Å². The van der Waals surface area contributed by atoms with E-state index in [1.54, 1.807) is 12.1 Å². The molecule has 1 saturated heterocycles. The van der Waals surface area contributed by atoms with E-state index >= 15 is 0 Å². The molecule has 1 N–H and O–H groups in total.